The monoisotopic (exact) mass is 444 g/mol. The van der Waals surface area contributed by atoms with Gasteiger partial charge in [0.25, 0.3) is 5.91 Å². The van der Waals surface area contributed by atoms with E-state index >= 15 is 0 Å². The van der Waals surface area contributed by atoms with Gasteiger partial charge in [0.15, 0.2) is 0 Å². The fourth-order valence-corrected chi connectivity index (χ4v) is 4.27. The van der Waals surface area contributed by atoms with Gasteiger partial charge in [0, 0.05) is 56.3 Å². The van der Waals surface area contributed by atoms with Crippen molar-refractivity contribution >= 4 is 11.8 Å². The second-order valence-corrected chi connectivity index (χ2v) is 8.03. The van der Waals surface area contributed by atoms with Crippen LogP contribution in [0.1, 0.15) is 29.3 Å². The van der Waals surface area contributed by atoms with E-state index in [0.29, 0.717) is 37.5 Å². The summed E-state index contributed by atoms with van der Waals surface area (Å²) in [5.74, 6) is 0.231. The Morgan fingerprint density at radius 3 is 2.64 bits per heavy atom. The molecule has 1 aliphatic heterocycles. The van der Waals surface area contributed by atoms with Crippen molar-refractivity contribution in [3.05, 3.63) is 78.2 Å². The first kappa shape index (κ1) is 22.5. The lowest BCUT2D eigenvalue weighted by molar-refractivity contribution is -0.140. The first-order valence-electron chi connectivity index (χ1n) is 11.2. The van der Waals surface area contributed by atoms with Crippen LogP contribution in [0.25, 0.3) is 11.1 Å². The number of ether oxygens (including phenoxy) is 1. The topological polar surface area (TPSA) is 75.6 Å². The van der Waals surface area contributed by atoms with E-state index in [-0.39, 0.29) is 11.8 Å². The number of amides is 2. The minimum absolute atomic E-state index is 0.0149. The van der Waals surface area contributed by atoms with Crippen LogP contribution in [0.4, 0.5) is 0 Å². The Morgan fingerprint density at radius 2 is 1.94 bits per heavy atom. The first-order chi connectivity index (χ1) is 16.1. The number of pyridine rings is 2. The summed E-state index contributed by atoms with van der Waals surface area (Å²) < 4.78 is 5.11. The van der Waals surface area contributed by atoms with Gasteiger partial charge < -0.3 is 14.5 Å². The maximum absolute atomic E-state index is 13.5. The molecule has 1 aliphatic rings. The lowest BCUT2D eigenvalue weighted by atomic mass is 9.93. The van der Waals surface area contributed by atoms with Crippen LogP contribution in [0.5, 0.6) is 5.88 Å². The Morgan fingerprint density at radius 1 is 1.09 bits per heavy atom. The molecule has 7 heteroatoms. The van der Waals surface area contributed by atoms with Gasteiger partial charge in [-0.3, -0.25) is 14.6 Å². The van der Waals surface area contributed by atoms with E-state index in [2.05, 4.69) is 16.9 Å². The molecule has 0 bridgehead atoms. The number of benzene rings is 1. The van der Waals surface area contributed by atoms with E-state index < -0.39 is 6.04 Å². The summed E-state index contributed by atoms with van der Waals surface area (Å²) in [6.07, 6.45) is 6.37. The van der Waals surface area contributed by atoms with Gasteiger partial charge in [0.05, 0.1) is 12.7 Å². The van der Waals surface area contributed by atoms with Crippen molar-refractivity contribution in [2.45, 2.75) is 25.8 Å². The highest BCUT2D eigenvalue weighted by Crippen LogP contribution is 2.27. The van der Waals surface area contributed by atoms with E-state index in [1.807, 2.05) is 47.5 Å². The van der Waals surface area contributed by atoms with E-state index in [1.54, 1.807) is 23.2 Å². The number of hydrogen-bond donors (Lipinski definition) is 0. The van der Waals surface area contributed by atoms with Crippen LogP contribution < -0.4 is 4.74 Å². The number of piperazine rings is 1. The molecule has 7 nitrogen and oxygen atoms in total. The summed E-state index contributed by atoms with van der Waals surface area (Å²) in [4.78, 5) is 38.9. The van der Waals surface area contributed by atoms with Gasteiger partial charge in [-0.15, -0.1) is 0 Å². The van der Waals surface area contributed by atoms with Gasteiger partial charge in [-0.1, -0.05) is 37.3 Å². The standard InChI is InChI=1S/C26H28N4O3/c1-3-13-29-14-15-30(25(31)21-10-11-24(33-2)28-18-21)23(26(29)32)16-19-7-4-5-9-22(19)20-8-6-12-27-17-20/h4-12,17-18,23H,3,13-16H2,1-2H3. The molecule has 2 amide bonds. The average molecular weight is 445 g/mol. The Labute approximate surface area is 194 Å². The number of methoxy groups -OCH3 is 1. The second kappa shape index (κ2) is 10.3. The summed E-state index contributed by atoms with van der Waals surface area (Å²) >= 11 is 0. The molecule has 0 N–H and O–H groups in total. The third kappa shape index (κ3) is 4.87. The van der Waals surface area contributed by atoms with Crippen LogP contribution >= 0.6 is 0 Å². The van der Waals surface area contributed by atoms with E-state index in [4.69, 9.17) is 4.74 Å². The molecule has 3 heterocycles. The molecule has 1 atom stereocenters. The molecule has 1 saturated heterocycles. The molecule has 1 aromatic carbocycles. The third-order valence-corrected chi connectivity index (χ3v) is 5.93. The summed E-state index contributed by atoms with van der Waals surface area (Å²) in [5, 5.41) is 0. The molecule has 0 radical (unpaired) electrons. The minimum atomic E-state index is -0.585. The van der Waals surface area contributed by atoms with Crippen LogP contribution in [0.2, 0.25) is 0 Å². The number of aromatic nitrogens is 2. The highest BCUT2D eigenvalue weighted by atomic mass is 16.5. The van der Waals surface area contributed by atoms with Crippen LogP contribution in [-0.2, 0) is 11.2 Å². The smallest absolute Gasteiger partial charge is 0.256 e. The number of carbonyl (C=O) groups is 2. The summed E-state index contributed by atoms with van der Waals surface area (Å²) in [6, 6.07) is 14.7. The largest absolute Gasteiger partial charge is 0.481 e. The summed E-state index contributed by atoms with van der Waals surface area (Å²) in [5.41, 5.74) is 3.45. The highest BCUT2D eigenvalue weighted by molar-refractivity contribution is 5.98. The van der Waals surface area contributed by atoms with Crippen LogP contribution in [-0.4, -0.2) is 64.4 Å². The lowest BCUT2D eigenvalue weighted by Crippen LogP contribution is -2.59. The van der Waals surface area contributed by atoms with Gasteiger partial charge in [-0.2, -0.15) is 0 Å². The molecule has 3 aromatic rings. The minimum Gasteiger partial charge on any atom is -0.481 e. The average Bonchev–Trinajstić information content (AvgIpc) is 2.87. The Bertz CT molecular complexity index is 1100. The first-order valence-corrected chi connectivity index (χ1v) is 11.2. The zero-order chi connectivity index (χ0) is 23.2. The van der Waals surface area contributed by atoms with E-state index in [1.165, 1.54) is 13.3 Å². The molecule has 0 spiro atoms. The molecule has 170 valence electrons. The molecule has 2 aromatic heterocycles. The Kier molecular flexibility index (Phi) is 6.98. The van der Waals surface area contributed by atoms with Crippen molar-refractivity contribution in [3.8, 4) is 17.0 Å². The van der Waals surface area contributed by atoms with Gasteiger partial charge in [0.1, 0.15) is 6.04 Å². The Balaban J connectivity index is 1.67. The molecular weight excluding hydrogens is 416 g/mol. The van der Waals surface area contributed by atoms with Crippen LogP contribution in [0.15, 0.2) is 67.1 Å². The number of nitrogens with zero attached hydrogens (tertiary/aromatic N) is 4. The fourth-order valence-electron chi connectivity index (χ4n) is 4.27. The summed E-state index contributed by atoms with van der Waals surface area (Å²) in [6.45, 7) is 3.76. The lowest BCUT2D eigenvalue weighted by Gasteiger charge is -2.41. The van der Waals surface area contributed by atoms with Crippen molar-refractivity contribution in [2.75, 3.05) is 26.7 Å². The van der Waals surface area contributed by atoms with Gasteiger partial charge >= 0.3 is 0 Å². The van der Waals surface area contributed by atoms with E-state index in [9.17, 15) is 9.59 Å². The number of hydrogen-bond acceptors (Lipinski definition) is 5. The van der Waals surface area contributed by atoms with Crippen molar-refractivity contribution in [2.24, 2.45) is 0 Å². The number of carbonyl (C=O) groups excluding carboxylic acids is 2. The zero-order valence-corrected chi connectivity index (χ0v) is 19.0. The molecule has 33 heavy (non-hydrogen) atoms. The molecule has 1 fully saturated rings. The predicted molar refractivity (Wildman–Crippen MR) is 126 cm³/mol. The molecule has 0 saturated carbocycles. The van der Waals surface area contributed by atoms with Crippen LogP contribution in [0.3, 0.4) is 0 Å². The fraction of sp³-hybridized carbons (Fsp3) is 0.308. The zero-order valence-electron chi connectivity index (χ0n) is 19.0. The van der Waals surface area contributed by atoms with Crippen molar-refractivity contribution in [1.29, 1.82) is 0 Å². The number of rotatable bonds is 7. The van der Waals surface area contributed by atoms with E-state index in [0.717, 1.165) is 23.1 Å². The highest BCUT2D eigenvalue weighted by Gasteiger charge is 2.38. The summed E-state index contributed by atoms with van der Waals surface area (Å²) in [7, 11) is 1.53. The van der Waals surface area contributed by atoms with Crippen LogP contribution in [0, 0.1) is 0 Å². The normalized spacial score (nSPS) is 16.1. The second-order valence-electron chi connectivity index (χ2n) is 8.03. The quantitative estimate of drug-likeness (QED) is 0.558. The van der Waals surface area contributed by atoms with Gasteiger partial charge in [0.2, 0.25) is 11.8 Å². The van der Waals surface area contributed by atoms with Crippen molar-refractivity contribution in [1.82, 2.24) is 19.8 Å². The molecule has 4 rings (SSSR count). The van der Waals surface area contributed by atoms with Crippen molar-refractivity contribution < 1.29 is 14.3 Å². The molecule has 1 unspecified atom stereocenters. The maximum atomic E-state index is 13.5. The third-order valence-electron chi connectivity index (χ3n) is 5.93. The molecule has 0 aliphatic carbocycles. The molecular formula is C26H28N4O3. The maximum Gasteiger partial charge on any atom is 0.256 e. The Hall–Kier alpha value is -3.74. The van der Waals surface area contributed by atoms with Crippen molar-refractivity contribution in [3.63, 3.8) is 0 Å². The van der Waals surface area contributed by atoms with Gasteiger partial charge in [-0.05, 0) is 29.7 Å². The predicted octanol–water partition coefficient (Wildman–Crippen LogP) is 3.46. The van der Waals surface area contributed by atoms with Gasteiger partial charge in [-0.25, -0.2) is 4.98 Å². The SMILES string of the molecule is CCCN1CCN(C(=O)c2ccc(OC)nc2)C(Cc2ccccc2-c2cccnc2)C1=O.